The Bertz CT molecular complexity index is 557. The van der Waals surface area contributed by atoms with Crippen LogP contribution in [0.1, 0.15) is 252 Å². The van der Waals surface area contributed by atoms with E-state index in [1.54, 1.807) is 0 Å². The third-order valence-corrected chi connectivity index (χ3v) is 8.95. The van der Waals surface area contributed by atoms with Crippen molar-refractivity contribution in [2.45, 2.75) is 252 Å². The molecule has 0 aromatic carbocycles. The number of unbranched alkanes of at least 4 members (excludes halogenated alkanes) is 30. The fraction of sp³-hybridized carbons (Fsp3) is 0.929. The molecule has 295 valence electrons. The first-order valence-corrected chi connectivity index (χ1v) is 20.9. The number of hydrogen-bond donors (Lipinski definition) is 0. The summed E-state index contributed by atoms with van der Waals surface area (Å²) < 4.78 is 0. The zero-order valence-corrected chi connectivity index (χ0v) is 34.8. The topological polar surface area (TPSA) is 120 Å². The molecule has 0 N–H and O–H groups in total. The molecule has 49 heavy (non-hydrogen) atoms. The van der Waals surface area contributed by atoms with Gasteiger partial charge in [-0.2, -0.15) is 0 Å². The molecule has 7 heteroatoms. The summed E-state index contributed by atoms with van der Waals surface area (Å²) in [6.45, 7) is 6.73. The summed E-state index contributed by atoms with van der Waals surface area (Å²) in [6, 6.07) is 0. The Morgan fingerprint density at radius 1 is 0.265 bits per heavy atom. The molecular weight excluding hydrogens is 763 g/mol. The number of carbonyl (C=O) groups excluding carboxylic acids is 3. The van der Waals surface area contributed by atoms with E-state index in [1.807, 2.05) is 0 Å². The first-order chi connectivity index (χ1) is 23.3. The quantitative estimate of drug-likeness (QED) is 0.0579. The summed E-state index contributed by atoms with van der Waals surface area (Å²) in [6.07, 6.45) is 42.1. The summed E-state index contributed by atoms with van der Waals surface area (Å²) in [4.78, 5) is 30.4. The molecule has 0 aromatic heterocycles. The van der Waals surface area contributed by atoms with Gasteiger partial charge >= 0.3 is 38.2 Å². The monoisotopic (exact) mass is 846 g/mol. The van der Waals surface area contributed by atoms with Crippen molar-refractivity contribution in [2.24, 2.45) is 0 Å². The van der Waals surface area contributed by atoms with E-state index >= 15 is 0 Å². The summed E-state index contributed by atoms with van der Waals surface area (Å²) in [5, 5.41) is 30.4. The maximum atomic E-state index is 10.1. The number of aliphatic carboxylic acids is 3. The molecular formula is C42H81DyO6. The van der Waals surface area contributed by atoms with Gasteiger partial charge in [0.15, 0.2) is 0 Å². The van der Waals surface area contributed by atoms with Gasteiger partial charge in [0, 0.05) is 17.9 Å². The second-order valence-corrected chi connectivity index (χ2v) is 14.0. The molecule has 0 atom stereocenters. The van der Waals surface area contributed by atoms with Gasteiger partial charge in [0.25, 0.3) is 0 Å². The third kappa shape index (κ3) is 66.5. The van der Waals surface area contributed by atoms with Crippen molar-refractivity contribution in [1.82, 2.24) is 0 Å². The molecule has 6 nitrogen and oxygen atoms in total. The predicted octanol–water partition coefficient (Wildman–Crippen LogP) is 10.3. The van der Waals surface area contributed by atoms with Gasteiger partial charge in [-0.1, -0.05) is 213 Å². The van der Waals surface area contributed by atoms with Crippen LogP contribution in [0.15, 0.2) is 0 Å². The number of hydrogen-bond acceptors (Lipinski definition) is 6. The van der Waals surface area contributed by atoms with Crippen LogP contribution >= 0.6 is 0 Å². The summed E-state index contributed by atoms with van der Waals surface area (Å²) in [5.74, 6) is -2.72. The van der Waals surface area contributed by atoms with Crippen LogP contribution < -0.4 is 15.3 Å². The number of carbonyl (C=O) groups is 3. The Morgan fingerprint density at radius 3 is 0.510 bits per heavy atom. The molecule has 0 heterocycles. The molecule has 0 saturated heterocycles. The van der Waals surface area contributed by atoms with E-state index in [2.05, 4.69) is 20.8 Å². The van der Waals surface area contributed by atoms with Crippen molar-refractivity contribution >= 4 is 17.9 Å². The van der Waals surface area contributed by atoms with Gasteiger partial charge in [-0.25, -0.2) is 0 Å². The van der Waals surface area contributed by atoms with Gasteiger partial charge in [-0.15, -0.1) is 0 Å². The second kappa shape index (κ2) is 52.0. The Hall–Kier alpha value is -0.317. The molecule has 0 fully saturated rings. The van der Waals surface area contributed by atoms with Crippen molar-refractivity contribution in [1.29, 1.82) is 0 Å². The molecule has 0 spiro atoms. The van der Waals surface area contributed by atoms with E-state index in [0.717, 1.165) is 38.5 Å². The first-order valence-electron chi connectivity index (χ1n) is 20.9. The molecule has 0 aromatic rings. The van der Waals surface area contributed by atoms with E-state index in [1.165, 1.54) is 173 Å². The number of rotatable bonds is 36. The zero-order valence-electron chi connectivity index (χ0n) is 32.7. The van der Waals surface area contributed by atoms with Crippen molar-refractivity contribution in [3.63, 3.8) is 0 Å². The Labute approximate surface area is 335 Å². The van der Waals surface area contributed by atoms with Crippen LogP contribution in [0.4, 0.5) is 0 Å². The second-order valence-electron chi connectivity index (χ2n) is 14.0. The fourth-order valence-corrected chi connectivity index (χ4v) is 5.80. The van der Waals surface area contributed by atoms with Crippen molar-refractivity contribution in [2.75, 3.05) is 0 Å². The molecule has 1 radical (unpaired) electrons. The largest absolute Gasteiger partial charge is 3.00 e. The third-order valence-electron chi connectivity index (χ3n) is 8.95. The van der Waals surface area contributed by atoms with Crippen LogP contribution in [0.3, 0.4) is 0 Å². The zero-order chi connectivity index (χ0) is 36.2. The van der Waals surface area contributed by atoms with Crippen molar-refractivity contribution < 1.29 is 67.9 Å². The smallest absolute Gasteiger partial charge is 0.550 e. The fourth-order valence-electron chi connectivity index (χ4n) is 5.80. The average molecular weight is 845 g/mol. The van der Waals surface area contributed by atoms with Crippen LogP contribution in [0.25, 0.3) is 0 Å². The van der Waals surface area contributed by atoms with Crippen LogP contribution in [-0.4, -0.2) is 17.9 Å². The molecule has 0 unspecified atom stereocenters. The minimum Gasteiger partial charge on any atom is -0.550 e. The molecule has 0 bridgehead atoms. The summed E-state index contributed by atoms with van der Waals surface area (Å²) >= 11 is 0. The van der Waals surface area contributed by atoms with Gasteiger partial charge in [-0.05, 0) is 38.5 Å². The Balaban J connectivity index is -0.000000307. The van der Waals surface area contributed by atoms with Gasteiger partial charge in [0.2, 0.25) is 0 Å². The minimum absolute atomic E-state index is 0. The van der Waals surface area contributed by atoms with E-state index in [-0.39, 0.29) is 57.4 Å². The van der Waals surface area contributed by atoms with Crippen LogP contribution in [0.2, 0.25) is 0 Å². The maximum Gasteiger partial charge on any atom is 3.00 e. The molecule has 0 amide bonds. The van der Waals surface area contributed by atoms with Crippen LogP contribution in [-0.2, 0) is 14.4 Å². The van der Waals surface area contributed by atoms with E-state index in [9.17, 15) is 29.7 Å². The molecule has 0 aliphatic carbocycles. The Kier molecular flexibility index (Phi) is 58.9. The first kappa shape index (κ1) is 55.4. The molecule has 0 aliphatic heterocycles. The standard InChI is InChI=1S/3C14H28O2.Dy/c3*1-2-3-4-5-6-7-8-9-10-11-12-13-14(15)16;/h3*2-13H2,1H3,(H,15,16);/q;;;+3/p-3. The average Bonchev–Trinajstić information content (AvgIpc) is 3.05. The summed E-state index contributed by atoms with van der Waals surface area (Å²) in [5.41, 5.74) is 0. The van der Waals surface area contributed by atoms with Crippen molar-refractivity contribution in [3.05, 3.63) is 0 Å². The van der Waals surface area contributed by atoms with Gasteiger partial charge in [-0.3, -0.25) is 0 Å². The van der Waals surface area contributed by atoms with Crippen molar-refractivity contribution in [3.8, 4) is 0 Å². The van der Waals surface area contributed by atoms with Gasteiger partial charge in [0.05, 0.1) is 0 Å². The van der Waals surface area contributed by atoms with Gasteiger partial charge in [0.1, 0.15) is 0 Å². The molecule has 0 aliphatic rings. The minimum atomic E-state index is -0.907. The maximum absolute atomic E-state index is 10.1. The normalized spacial score (nSPS) is 10.3. The number of carboxylic acids is 3. The van der Waals surface area contributed by atoms with E-state index < -0.39 is 17.9 Å². The van der Waals surface area contributed by atoms with Gasteiger partial charge < -0.3 is 29.7 Å². The molecule has 0 rings (SSSR count). The predicted molar refractivity (Wildman–Crippen MR) is 198 cm³/mol. The number of carboxylic acid groups (broad SMARTS) is 3. The van der Waals surface area contributed by atoms with E-state index in [0.29, 0.717) is 0 Å². The SMILES string of the molecule is CCCCCCCCCCCCCC(=O)[O-].CCCCCCCCCCCCCC(=O)[O-].CCCCCCCCCCCCCC(=O)[O-].[Dy+3]. The van der Waals surface area contributed by atoms with Crippen LogP contribution in [0, 0.1) is 38.2 Å². The van der Waals surface area contributed by atoms with Crippen LogP contribution in [0.5, 0.6) is 0 Å². The summed E-state index contributed by atoms with van der Waals surface area (Å²) in [7, 11) is 0. The Morgan fingerprint density at radius 2 is 0.388 bits per heavy atom. The van der Waals surface area contributed by atoms with E-state index in [4.69, 9.17) is 0 Å². The molecule has 0 saturated carbocycles.